The van der Waals surface area contributed by atoms with Gasteiger partial charge in [-0.25, -0.2) is 4.98 Å². The van der Waals surface area contributed by atoms with Gasteiger partial charge in [-0.05, 0) is 32.3 Å². The normalized spacial score (nSPS) is 17.6. The van der Waals surface area contributed by atoms with E-state index < -0.39 is 0 Å². The molecule has 124 valence electrons. The molecule has 0 radical (unpaired) electrons. The second kappa shape index (κ2) is 6.54. The van der Waals surface area contributed by atoms with Crippen LogP contribution in [0.15, 0.2) is 6.07 Å². The molecule has 0 aromatic carbocycles. The number of hydrogen-bond acceptors (Lipinski definition) is 6. The Bertz CT molecular complexity index is 658. The van der Waals surface area contributed by atoms with Crippen molar-refractivity contribution in [1.82, 2.24) is 20.2 Å². The van der Waals surface area contributed by atoms with E-state index in [2.05, 4.69) is 32.0 Å². The molecule has 7 nitrogen and oxygen atoms in total. The highest BCUT2D eigenvalue weighted by Gasteiger charge is 2.21. The summed E-state index contributed by atoms with van der Waals surface area (Å²) >= 11 is 0. The monoisotopic (exact) mass is 316 g/mol. The first-order valence-corrected chi connectivity index (χ1v) is 7.98. The van der Waals surface area contributed by atoms with Gasteiger partial charge >= 0.3 is 0 Å². The van der Waals surface area contributed by atoms with Crippen molar-refractivity contribution < 1.29 is 4.74 Å². The number of nitrogens with one attached hydrogen (secondary N) is 1. The van der Waals surface area contributed by atoms with Gasteiger partial charge in [-0.2, -0.15) is 10.1 Å². The number of rotatable bonds is 5. The number of aryl methyl sites for hydroxylation is 2. The topological polar surface area (TPSA) is 93.0 Å². The fourth-order valence-corrected chi connectivity index (χ4v) is 2.98. The summed E-state index contributed by atoms with van der Waals surface area (Å²) in [4.78, 5) is 10.9. The molecule has 7 heteroatoms. The summed E-state index contributed by atoms with van der Waals surface area (Å²) in [5.74, 6) is 1.51. The van der Waals surface area contributed by atoms with Crippen LogP contribution in [0.4, 0.5) is 11.8 Å². The molecule has 0 unspecified atom stereocenters. The summed E-state index contributed by atoms with van der Waals surface area (Å²) in [5, 5.41) is 7.27. The summed E-state index contributed by atoms with van der Waals surface area (Å²) < 4.78 is 5.45. The minimum absolute atomic E-state index is 0.325. The fourth-order valence-electron chi connectivity index (χ4n) is 2.98. The lowest BCUT2D eigenvalue weighted by molar-refractivity contribution is 0.193. The van der Waals surface area contributed by atoms with Crippen LogP contribution in [-0.4, -0.2) is 47.0 Å². The molecule has 0 amide bonds. The number of nitrogens with two attached hydrogens (primary N) is 1. The quantitative estimate of drug-likeness (QED) is 0.870. The van der Waals surface area contributed by atoms with Crippen molar-refractivity contribution in [1.29, 1.82) is 0 Å². The maximum Gasteiger partial charge on any atom is 0.222 e. The van der Waals surface area contributed by atoms with Gasteiger partial charge in [0.2, 0.25) is 5.95 Å². The fraction of sp³-hybridized carbons (Fsp3) is 0.562. The summed E-state index contributed by atoms with van der Waals surface area (Å²) in [6.45, 7) is 6.43. The molecule has 1 fully saturated rings. The van der Waals surface area contributed by atoms with Crippen molar-refractivity contribution in [3.63, 3.8) is 0 Å². The van der Waals surface area contributed by atoms with E-state index in [1.165, 1.54) is 5.56 Å². The molecule has 1 saturated heterocycles. The van der Waals surface area contributed by atoms with E-state index in [-0.39, 0.29) is 0 Å². The van der Waals surface area contributed by atoms with Crippen LogP contribution in [0.2, 0.25) is 0 Å². The number of H-pyrrole nitrogens is 1. The predicted octanol–water partition coefficient (Wildman–Crippen LogP) is 1.58. The Morgan fingerprint density at radius 2 is 2.22 bits per heavy atom. The molecule has 1 atom stereocenters. The molecule has 0 aliphatic carbocycles. The summed E-state index contributed by atoms with van der Waals surface area (Å²) in [6, 6.07) is 2.03. The lowest BCUT2D eigenvalue weighted by Gasteiger charge is -2.20. The van der Waals surface area contributed by atoms with Crippen LogP contribution >= 0.6 is 0 Å². The second-order valence-electron chi connectivity index (χ2n) is 6.15. The van der Waals surface area contributed by atoms with Crippen molar-refractivity contribution in [2.75, 3.05) is 37.4 Å². The maximum absolute atomic E-state index is 5.90. The van der Waals surface area contributed by atoms with E-state index >= 15 is 0 Å². The Morgan fingerprint density at radius 1 is 1.39 bits per heavy atom. The third kappa shape index (κ3) is 3.44. The minimum atomic E-state index is 0.325. The Labute approximate surface area is 136 Å². The Kier molecular flexibility index (Phi) is 4.47. The molecule has 23 heavy (non-hydrogen) atoms. The number of ether oxygens (including phenoxy) is 1. The molecule has 2 aromatic rings. The van der Waals surface area contributed by atoms with Gasteiger partial charge in [0.15, 0.2) is 0 Å². The SMILES string of the molecule is Cc1n[nH]c(C)c1CCN(C)c1cc([C@H]2CCOC2)nc(N)n1. The van der Waals surface area contributed by atoms with Crippen molar-refractivity contribution in [3.8, 4) is 0 Å². The zero-order valence-electron chi connectivity index (χ0n) is 14.0. The Hall–Kier alpha value is -2.15. The average Bonchev–Trinajstić information content (AvgIpc) is 3.16. The van der Waals surface area contributed by atoms with Gasteiger partial charge in [-0.15, -0.1) is 0 Å². The van der Waals surface area contributed by atoms with E-state index in [4.69, 9.17) is 10.5 Å². The van der Waals surface area contributed by atoms with Gasteiger partial charge in [-0.1, -0.05) is 0 Å². The second-order valence-corrected chi connectivity index (χ2v) is 6.15. The molecule has 3 N–H and O–H groups in total. The average molecular weight is 316 g/mol. The zero-order chi connectivity index (χ0) is 16.4. The summed E-state index contributed by atoms with van der Waals surface area (Å²) in [6.07, 6.45) is 1.91. The van der Waals surface area contributed by atoms with E-state index in [1.54, 1.807) is 0 Å². The number of nitrogens with zero attached hydrogens (tertiary/aromatic N) is 4. The lowest BCUT2D eigenvalue weighted by Crippen LogP contribution is -2.23. The van der Waals surface area contributed by atoms with Gasteiger partial charge < -0.3 is 15.4 Å². The Morgan fingerprint density at radius 3 is 2.87 bits per heavy atom. The van der Waals surface area contributed by atoms with Crippen molar-refractivity contribution >= 4 is 11.8 Å². The lowest BCUT2D eigenvalue weighted by atomic mass is 10.0. The number of hydrogen-bond donors (Lipinski definition) is 2. The third-order valence-electron chi connectivity index (χ3n) is 4.47. The van der Waals surface area contributed by atoms with Crippen LogP contribution < -0.4 is 10.6 Å². The molecule has 1 aliphatic rings. The van der Waals surface area contributed by atoms with Crippen molar-refractivity contribution in [2.24, 2.45) is 0 Å². The minimum Gasteiger partial charge on any atom is -0.381 e. The van der Waals surface area contributed by atoms with Crippen LogP contribution in [-0.2, 0) is 11.2 Å². The first kappa shape index (κ1) is 15.7. The highest BCUT2D eigenvalue weighted by molar-refractivity contribution is 5.44. The maximum atomic E-state index is 5.90. The number of aromatic amines is 1. The highest BCUT2D eigenvalue weighted by Crippen LogP contribution is 2.26. The van der Waals surface area contributed by atoms with Crippen LogP contribution in [0.1, 0.15) is 35.0 Å². The molecule has 0 spiro atoms. The first-order valence-electron chi connectivity index (χ1n) is 7.98. The largest absolute Gasteiger partial charge is 0.381 e. The number of anilines is 2. The smallest absolute Gasteiger partial charge is 0.222 e. The van der Waals surface area contributed by atoms with E-state index in [0.29, 0.717) is 18.5 Å². The zero-order valence-corrected chi connectivity index (χ0v) is 14.0. The summed E-state index contributed by atoms with van der Waals surface area (Å²) in [5.41, 5.74) is 10.3. The molecule has 0 bridgehead atoms. The van der Waals surface area contributed by atoms with E-state index in [1.807, 2.05) is 20.0 Å². The van der Waals surface area contributed by atoms with Gasteiger partial charge in [-0.3, -0.25) is 5.10 Å². The Balaban J connectivity index is 1.72. The van der Waals surface area contributed by atoms with Crippen LogP contribution in [0.5, 0.6) is 0 Å². The molecule has 3 rings (SSSR count). The number of aromatic nitrogens is 4. The van der Waals surface area contributed by atoms with Crippen LogP contribution in [0.3, 0.4) is 0 Å². The van der Waals surface area contributed by atoms with Gasteiger partial charge in [0.05, 0.1) is 18.0 Å². The summed E-state index contributed by atoms with van der Waals surface area (Å²) in [7, 11) is 2.03. The number of nitrogen functional groups attached to an aromatic ring is 1. The first-order chi connectivity index (χ1) is 11.0. The van der Waals surface area contributed by atoms with Gasteiger partial charge in [0.1, 0.15) is 5.82 Å². The third-order valence-corrected chi connectivity index (χ3v) is 4.47. The molecular formula is C16H24N6O. The van der Waals surface area contributed by atoms with Gasteiger partial charge in [0.25, 0.3) is 0 Å². The molecule has 0 saturated carbocycles. The molecule has 2 aromatic heterocycles. The highest BCUT2D eigenvalue weighted by atomic mass is 16.5. The van der Waals surface area contributed by atoms with E-state index in [0.717, 1.165) is 48.9 Å². The van der Waals surface area contributed by atoms with E-state index in [9.17, 15) is 0 Å². The van der Waals surface area contributed by atoms with Crippen LogP contribution in [0.25, 0.3) is 0 Å². The standard InChI is InChI=1S/C16H24N6O/c1-10-13(11(2)21-20-10)4-6-22(3)15-8-14(18-16(17)19-15)12-5-7-23-9-12/h8,12H,4-7,9H2,1-3H3,(H,20,21)(H2,17,18,19)/t12-/m0/s1. The molecule has 1 aliphatic heterocycles. The van der Waals surface area contributed by atoms with Gasteiger partial charge in [0, 0.05) is 37.9 Å². The predicted molar refractivity (Wildman–Crippen MR) is 89.7 cm³/mol. The number of likely N-dealkylation sites (N-methyl/N-ethyl adjacent to an activating group) is 1. The van der Waals surface area contributed by atoms with Crippen molar-refractivity contribution in [2.45, 2.75) is 32.6 Å². The molecule has 3 heterocycles. The molecular weight excluding hydrogens is 292 g/mol. The van der Waals surface area contributed by atoms with Crippen molar-refractivity contribution in [3.05, 3.63) is 28.7 Å². The van der Waals surface area contributed by atoms with Crippen LogP contribution in [0, 0.1) is 13.8 Å².